The highest BCUT2D eigenvalue weighted by molar-refractivity contribution is 5.68. The lowest BCUT2D eigenvalue weighted by Crippen LogP contribution is -2.04. The molecule has 4 nitrogen and oxygen atoms in total. The Labute approximate surface area is 66.0 Å². The molecular weight excluding hydrogens is 148 g/mol. The van der Waals surface area contributed by atoms with Gasteiger partial charge in [0.2, 0.25) is 0 Å². The van der Waals surface area contributed by atoms with E-state index in [2.05, 4.69) is 9.78 Å². The quantitative estimate of drug-likeness (QED) is 0.354. The number of rotatable bonds is 6. The summed E-state index contributed by atoms with van der Waals surface area (Å²) in [5.41, 5.74) is 0. The molecule has 0 heterocycles. The highest BCUT2D eigenvalue weighted by Gasteiger charge is 1.97. The Bertz CT molecular complexity index is 103. The van der Waals surface area contributed by atoms with Gasteiger partial charge in [-0.25, -0.2) is 4.79 Å². The predicted molar refractivity (Wildman–Crippen MR) is 38.7 cm³/mol. The summed E-state index contributed by atoms with van der Waals surface area (Å²) in [6, 6.07) is 0. The summed E-state index contributed by atoms with van der Waals surface area (Å²) in [6.07, 6.45) is 1.69. The van der Waals surface area contributed by atoms with Gasteiger partial charge in [-0.3, -0.25) is 4.89 Å². The van der Waals surface area contributed by atoms with Gasteiger partial charge in [0.25, 0.3) is 0 Å². The summed E-state index contributed by atoms with van der Waals surface area (Å²) in [5.74, 6) is -0.367. The summed E-state index contributed by atoms with van der Waals surface area (Å²) in [6.45, 7) is 2.19. The summed E-state index contributed by atoms with van der Waals surface area (Å²) >= 11 is 0. The van der Waals surface area contributed by atoms with Crippen LogP contribution in [0.4, 0.5) is 0 Å². The van der Waals surface area contributed by atoms with Gasteiger partial charge in [-0.15, -0.1) is 0 Å². The van der Waals surface area contributed by atoms with Crippen LogP contribution in [-0.4, -0.2) is 24.3 Å². The fourth-order valence-corrected chi connectivity index (χ4v) is 0.439. The smallest absolute Gasteiger partial charge is 0.342 e. The fourth-order valence-electron chi connectivity index (χ4n) is 0.439. The first-order valence-corrected chi connectivity index (χ1v) is 3.74. The van der Waals surface area contributed by atoms with Crippen molar-refractivity contribution in [1.29, 1.82) is 0 Å². The van der Waals surface area contributed by atoms with Crippen molar-refractivity contribution in [2.45, 2.75) is 26.2 Å². The van der Waals surface area contributed by atoms with Crippen LogP contribution < -0.4 is 0 Å². The van der Waals surface area contributed by atoms with Gasteiger partial charge in [0.1, 0.15) is 0 Å². The first-order chi connectivity index (χ1) is 5.31. The van der Waals surface area contributed by atoms with Crippen molar-refractivity contribution in [3.63, 3.8) is 0 Å². The number of hydrogen-bond acceptors (Lipinski definition) is 4. The van der Waals surface area contributed by atoms with E-state index in [9.17, 15) is 4.79 Å². The normalized spacial score (nSPS) is 9.64. The maximum Gasteiger partial charge on any atom is 0.342 e. The second kappa shape index (κ2) is 7.50. The van der Waals surface area contributed by atoms with Crippen LogP contribution in [0.1, 0.15) is 26.2 Å². The summed E-state index contributed by atoms with van der Waals surface area (Å²) in [5, 5.41) is 8.36. The largest absolute Gasteiger partial charge is 0.396 e. The second-order valence-electron chi connectivity index (χ2n) is 2.06. The summed E-state index contributed by atoms with van der Waals surface area (Å²) in [7, 11) is 0. The van der Waals surface area contributed by atoms with Crippen LogP contribution >= 0.6 is 0 Å². The highest BCUT2D eigenvalue weighted by Crippen LogP contribution is 1.91. The number of carbonyl (C=O) groups is 1. The van der Waals surface area contributed by atoms with Crippen LogP contribution in [0.15, 0.2) is 0 Å². The van der Waals surface area contributed by atoms with Crippen LogP contribution in [-0.2, 0) is 14.6 Å². The highest BCUT2D eigenvalue weighted by atomic mass is 17.2. The molecule has 0 aliphatic rings. The molecule has 0 aromatic heterocycles. The molecule has 0 radical (unpaired) electrons. The molecule has 0 bridgehead atoms. The standard InChI is InChI=1S/C7H14O4/c1-2-7(9)11-10-6-4-3-5-8/h8H,2-6H2,1H3. The molecular formula is C7H14O4. The van der Waals surface area contributed by atoms with Crippen molar-refractivity contribution >= 4 is 5.97 Å². The van der Waals surface area contributed by atoms with Crippen molar-refractivity contribution < 1.29 is 19.7 Å². The number of hydrogen-bond donors (Lipinski definition) is 1. The predicted octanol–water partition coefficient (Wildman–Crippen LogP) is 0.644. The first kappa shape index (κ1) is 10.4. The van der Waals surface area contributed by atoms with E-state index < -0.39 is 0 Å². The topological polar surface area (TPSA) is 55.8 Å². The third kappa shape index (κ3) is 7.29. The molecule has 0 aromatic carbocycles. The Morgan fingerprint density at radius 1 is 1.45 bits per heavy atom. The first-order valence-electron chi connectivity index (χ1n) is 3.74. The van der Waals surface area contributed by atoms with E-state index >= 15 is 0 Å². The Balaban J connectivity index is 2.95. The van der Waals surface area contributed by atoms with E-state index in [0.29, 0.717) is 25.9 Å². The molecule has 66 valence electrons. The summed E-state index contributed by atoms with van der Waals surface area (Å²) in [4.78, 5) is 19.3. The van der Waals surface area contributed by atoms with Gasteiger partial charge in [-0.2, -0.15) is 4.89 Å². The average Bonchev–Trinajstić information content (AvgIpc) is 2.04. The zero-order valence-electron chi connectivity index (χ0n) is 6.71. The number of aliphatic hydroxyl groups is 1. The molecule has 0 spiro atoms. The molecule has 0 unspecified atom stereocenters. The lowest BCUT2D eigenvalue weighted by Gasteiger charge is -2.00. The van der Waals surface area contributed by atoms with Gasteiger partial charge >= 0.3 is 5.97 Å². The van der Waals surface area contributed by atoms with E-state index in [-0.39, 0.29) is 12.6 Å². The summed E-state index contributed by atoms with van der Waals surface area (Å²) < 4.78 is 0. The van der Waals surface area contributed by atoms with Gasteiger partial charge in [0.15, 0.2) is 0 Å². The average molecular weight is 162 g/mol. The van der Waals surface area contributed by atoms with E-state index in [4.69, 9.17) is 5.11 Å². The minimum Gasteiger partial charge on any atom is -0.396 e. The second-order valence-corrected chi connectivity index (χ2v) is 2.06. The Hall–Kier alpha value is -0.610. The molecule has 0 rings (SSSR count). The molecule has 0 atom stereocenters. The van der Waals surface area contributed by atoms with E-state index in [1.807, 2.05) is 0 Å². The molecule has 11 heavy (non-hydrogen) atoms. The third-order valence-electron chi connectivity index (χ3n) is 1.08. The molecule has 0 aromatic rings. The van der Waals surface area contributed by atoms with E-state index in [1.165, 1.54) is 0 Å². The fraction of sp³-hybridized carbons (Fsp3) is 0.857. The number of unbranched alkanes of at least 4 members (excludes halogenated alkanes) is 1. The maximum absolute atomic E-state index is 10.4. The van der Waals surface area contributed by atoms with E-state index in [1.54, 1.807) is 6.92 Å². The molecule has 4 heteroatoms. The van der Waals surface area contributed by atoms with Gasteiger partial charge in [0, 0.05) is 13.0 Å². The number of aliphatic hydroxyl groups excluding tert-OH is 1. The van der Waals surface area contributed by atoms with Crippen LogP contribution in [0.2, 0.25) is 0 Å². The minimum atomic E-state index is -0.367. The molecule has 0 saturated heterocycles. The van der Waals surface area contributed by atoms with Gasteiger partial charge < -0.3 is 5.11 Å². The Morgan fingerprint density at radius 3 is 2.73 bits per heavy atom. The molecule has 0 aliphatic heterocycles. The van der Waals surface area contributed by atoms with Crippen LogP contribution in [0.25, 0.3) is 0 Å². The molecule has 1 N–H and O–H groups in total. The molecule has 0 saturated carbocycles. The third-order valence-corrected chi connectivity index (χ3v) is 1.08. The Morgan fingerprint density at radius 2 is 2.18 bits per heavy atom. The van der Waals surface area contributed by atoms with Gasteiger partial charge in [-0.1, -0.05) is 6.92 Å². The monoisotopic (exact) mass is 162 g/mol. The zero-order chi connectivity index (χ0) is 8.53. The van der Waals surface area contributed by atoms with Crippen molar-refractivity contribution in [1.82, 2.24) is 0 Å². The lowest BCUT2D eigenvalue weighted by atomic mass is 10.3. The van der Waals surface area contributed by atoms with Gasteiger partial charge in [0.05, 0.1) is 6.61 Å². The zero-order valence-corrected chi connectivity index (χ0v) is 6.71. The molecule has 0 aliphatic carbocycles. The lowest BCUT2D eigenvalue weighted by molar-refractivity contribution is -0.272. The Kier molecular flexibility index (Phi) is 7.08. The molecule has 0 fully saturated rings. The maximum atomic E-state index is 10.4. The van der Waals surface area contributed by atoms with Crippen molar-refractivity contribution in [2.24, 2.45) is 0 Å². The van der Waals surface area contributed by atoms with Crippen molar-refractivity contribution in [3.05, 3.63) is 0 Å². The SMILES string of the molecule is CCC(=O)OOCCCCO. The van der Waals surface area contributed by atoms with Gasteiger partial charge in [-0.05, 0) is 12.8 Å². The van der Waals surface area contributed by atoms with Crippen LogP contribution in [0.5, 0.6) is 0 Å². The minimum absolute atomic E-state index is 0.144. The van der Waals surface area contributed by atoms with Crippen molar-refractivity contribution in [3.8, 4) is 0 Å². The van der Waals surface area contributed by atoms with Crippen molar-refractivity contribution in [2.75, 3.05) is 13.2 Å². The molecule has 0 amide bonds. The van der Waals surface area contributed by atoms with Crippen LogP contribution in [0.3, 0.4) is 0 Å². The van der Waals surface area contributed by atoms with E-state index in [0.717, 1.165) is 0 Å². The number of carbonyl (C=O) groups excluding carboxylic acids is 1. The van der Waals surface area contributed by atoms with Crippen LogP contribution in [0, 0.1) is 0 Å².